The second kappa shape index (κ2) is 6.18. The van der Waals surface area contributed by atoms with E-state index in [0.717, 1.165) is 10.0 Å². The lowest BCUT2D eigenvalue weighted by Gasteiger charge is -2.15. The molecule has 2 aromatic carbocycles. The number of rotatable bonds is 4. The summed E-state index contributed by atoms with van der Waals surface area (Å²) in [6, 6.07) is 11.1. The van der Waals surface area contributed by atoms with E-state index >= 15 is 0 Å². The molecule has 104 valence electrons. The van der Waals surface area contributed by atoms with E-state index in [9.17, 15) is 9.18 Å². The molecule has 0 spiro atoms. The van der Waals surface area contributed by atoms with Crippen molar-refractivity contribution in [1.82, 2.24) is 0 Å². The zero-order valence-corrected chi connectivity index (χ0v) is 12.8. The Bertz CT molecular complexity index is 623. The fourth-order valence-electron chi connectivity index (χ4n) is 1.79. The Morgan fingerprint density at radius 2 is 1.85 bits per heavy atom. The van der Waals surface area contributed by atoms with Gasteiger partial charge in [-0.25, -0.2) is 4.39 Å². The molecule has 0 N–H and O–H groups in total. The molecule has 1 atom stereocenters. The number of benzene rings is 2. The number of hydrogen-bond acceptors (Lipinski definition) is 2. The lowest BCUT2D eigenvalue weighted by atomic mass is 10.1. The van der Waals surface area contributed by atoms with Crippen LogP contribution in [0, 0.1) is 12.7 Å². The predicted molar refractivity (Wildman–Crippen MR) is 79.7 cm³/mol. The Kier molecular flexibility index (Phi) is 4.55. The highest BCUT2D eigenvalue weighted by Gasteiger charge is 2.17. The van der Waals surface area contributed by atoms with Crippen molar-refractivity contribution in [1.29, 1.82) is 0 Å². The largest absolute Gasteiger partial charge is 0.482 e. The van der Waals surface area contributed by atoms with E-state index in [1.54, 1.807) is 6.92 Å². The summed E-state index contributed by atoms with van der Waals surface area (Å²) in [4.78, 5) is 12.2. The van der Waals surface area contributed by atoms with Gasteiger partial charge in [-0.15, -0.1) is 0 Å². The maximum absolute atomic E-state index is 12.8. The van der Waals surface area contributed by atoms with Crippen LogP contribution in [0.15, 0.2) is 46.9 Å². The van der Waals surface area contributed by atoms with Gasteiger partial charge in [0.1, 0.15) is 11.6 Å². The van der Waals surface area contributed by atoms with Crippen molar-refractivity contribution in [2.24, 2.45) is 0 Å². The lowest BCUT2D eigenvalue weighted by molar-refractivity contribution is 0.0817. The standard InChI is InChI=1S/C16H14BrFO2/c1-10-3-6-13(17)9-15(10)20-11(2)16(19)12-4-7-14(18)8-5-12/h3-9,11H,1-2H3. The zero-order valence-electron chi connectivity index (χ0n) is 11.2. The number of carbonyl (C=O) groups excluding carboxylic acids is 1. The van der Waals surface area contributed by atoms with Crippen LogP contribution in [0.1, 0.15) is 22.8 Å². The molecule has 0 heterocycles. The summed E-state index contributed by atoms with van der Waals surface area (Å²) in [7, 11) is 0. The molecule has 2 rings (SSSR count). The topological polar surface area (TPSA) is 26.3 Å². The Hall–Kier alpha value is -1.68. The summed E-state index contributed by atoms with van der Waals surface area (Å²) in [5.74, 6) is 0.115. The number of ether oxygens (including phenoxy) is 1. The Balaban J connectivity index is 2.15. The van der Waals surface area contributed by atoms with Crippen LogP contribution in [0.4, 0.5) is 4.39 Å². The smallest absolute Gasteiger partial charge is 0.202 e. The number of aryl methyl sites for hydroxylation is 1. The van der Waals surface area contributed by atoms with Crippen molar-refractivity contribution in [2.75, 3.05) is 0 Å². The van der Waals surface area contributed by atoms with Crippen LogP contribution in [-0.4, -0.2) is 11.9 Å². The molecule has 4 heteroatoms. The molecule has 0 saturated carbocycles. The highest BCUT2D eigenvalue weighted by molar-refractivity contribution is 9.10. The molecule has 0 amide bonds. The van der Waals surface area contributed by atoms with Gasteiger partial charge in [0.2, 0.25) is 5.78 Å². The zero-order chi connectivity index (χ0) is 14.7. The van der Waals surface area contributed by atoms with Crippen LogP contribution in [0.3, 0.4) is 0 Å². The molecule has 0 fully saturated rings. The van der Waals surface area contributed by atoms with Gasteiger partial charge < -0.3 is 4.74 Å². The Morgan fingerprint density at radius 3 is 2.50 bits per heavy atom. The van der Waals surface area contributed by atoms with Crippen molar-refractivity contribution in [3.8, 4) is 5.75 Å². The van der Waals surface area contributed by atoms with Gasteiger partial charge in [0.15, 0.2) is 6.10 Å². The van der Waals surface area contributed by atoms with E-state index in [0.29, 0.717) is 11.3 Å². The first-order chi connectivity index (χ1) is 9.47. The first-order valence-corrected chi connectivity index (χ1v) is 6.99. The summed E-state index contributed by atoms with van der Waals surface area (Å²) in [5, 5.41) is 0. The molecule has 0 radical (unpaired) electrons. The van der Waals surface area contributed by atoms with Gasteiger partial charge >= 0.3 is 0 Å². The number of halogens is 2. The summed E-state index contributed by atoms with van der Waals surface area (Å²) in [6.07, 6.45) is -0.631. The maximum Gasteiger partial charge on any atom is 0.202 e. The molecule has 0 bridgehead atoms. The third-order valence-corrected chi connectivity index (χ3v) is 3.45. The average molecular weight is 337 g/mol. The van der Waals surface area contributed by atoms with Crippen molar-refractivity contribution >= 4 is 21.7 Å². The number of ketones is 1. The van der Waals surface area contributed by atoms with E-state index < -0.39 is 6.10 Å². The first-order valence-electron chi connectivity index (χ1n) is 6.20. The minimum Gasteiger partial charge on any atom is -0.482 e. The van der Waals surface area contributed by atoms with Crippen LogP contribution in [0.2, 0.25) is 0 Å². The summed E-state index contributed by atoms with van der Waals surface area (Å²) in [6.45, 7) is 3.60. The van der Waals surface area contributed by atoms with E-state index in [4.69, 9.17) is 4.74 Å². The van der Waals surface area contributed by atoms with Gasteiger partial charge in [-0.05, 0) is 55.8 Å². The maximum atomic E-state index is 12.8. The third kappa shape index (κ3) is 3.45. The van der Waals surface area contributed by atoms with Gasteiger partial charge in [0.25, 0.3) is 0 Å². The van der Waals surface area contributed by atoms with Gasteiger partial charge in [-0.3, -0.25) is 4.79 Å². The number of Topliss-reactive ketones (excluding diaryl/α,β-unsaturated/α-hetero) is 1. The molecular weight excluding hydrogens is 323 g/mol. The van der Waals surface area contributed by atoms with Crippen LogP contribution in [0.25, 0.3) is 0 Å². The van der Waals surface area contributed by atoms with Crippen LogP contribution in [0.5, 0.6) is 5.75 Å². The van der Waals surface area contributed by atoms with Crippen molar-refractivity contribution < 1.29 is 13.9 Å². The molecule has 0 aliphatic heterocycles. The molecular formula is C16H14BrFO2. The molecule has 2 nitrogen and oxygen atoms in total. The summed E-state index contributed by atoms with van der Waals surface area (Å²) in [5.41, 5.74) is 1.39. The Morgan fingerprint density at radius 1 is 1.20 bits per heavy atom. The average Bonchev–Trinajstić information content (AvgIpc) is 2.43. The SMILES string of the molecule is Cc1ccc(Br)cc1OC(C)C(=O)c1ccc(F)cc1. The molecule has 0 aliphatic rings. The molecule has 2 aromatic rings. The minimum atomic E-state index is -0.631. The third-order valence-electron chi connectivity index (χ3n) is 2.95. The van der Waals surface area contributed by atoms with Crippen molar-refractivity contribution in [2.45, 2.75) is 20.0 Å². The van der Waals surface area contributed by atoms with Crippen LogP contribution >= 0.6 is 15.9 Å². The van der Waals surface area contributed by atoms with Crippen molar-refractivity contribution in [3.63, 3.8) is 0 Å². The molecule has 0 aliphatic carbocycles. The highest BCUT2D eigenvalue weighted by Crippen LogP contribution is 2.24. The van der Waals surface area contributed by atoms with Gasteiger partial charge in [-0.2, -0.15) is 0 Å². The van der Waals surface area contributed by atoms with Crippen LogP contribution < -0.4 is 4.74 Å². The van der Waals surface area contributed by atoms with Gasteiger partial charge in [0, 0.05) is 10.0 Å². The predicted octanol–water partition coefficient (Wildman–Crippen LogP) is 4.55. The normalized spacial score (nSPS) is 12.0. The fourth-order valence-corrected chi connectivity index (χ4v) is 2.13. The van der Waals surface area contributed by atoms with Gasteiger partial charge in [0.05, 0.1) is 0 Å². The van der Waals surface area contributed by atoms with E-state index in [1.165, 1.54) is 24.3 Å². The fraction of sp³-hybridized carbons (Fsp3) is 0.188. The molecule has 0 saturated heterocycles. The minimum absolute atomic E-state index is 0.177. The lowest BCUT2D eigenvalue weighted by Crippen LogP contribution is -2.24. The highest BCUT2D eigenvalue weighted by atomic mass is 79.9. The second-order valence-corrected chi connectivity index (χ2v) is 5.46. The van der Waals surface area contributed by atoms with Gasteiger partial charge in [-0.1, -0.05) is 22.0 Å². The van der Waals surface area contributed by atoms with Crippen molar-refractivity contribution in [3.05, 3.63) is 63.9 Å². The number of carbonyl (C=O) groups is 1. The summed E-state index contributed by atoms with van der Waals surface area (Å²) < 4.78 is 19.4. The molecule has 0 aromatic heterocycles. The molecule has 1 unspecified atom stereocenters. The van der Waals surface area contributed by atoms with E-state index in [1.807, 2.05) is 25.1 Å². The van der Waals surface area contributed by atoms with E-state index in [2.05, 4.69) is 15.9 Å². The summed E-state index contributed by atoms with van der Waals surface area (Å²) >= 11 is 3.37. The van der Waals surface area contributed by atoms with Crippen LogP contribution in [-0.2, 0) is 0 Å². The first kappa shape index (κ1) is 14.7. The molecule has 20 heavy (non-hydrogen) atoms. The van der Waals surface area contributed by atoms with E-state index in [-0.39, 0.29) is 11.6 Å². The quantitative estimate of drug-likeness (QED) is 0.766. The Labute approximate surface area is 125 Å². The number of hydrogen-bond donors (Lipinski definition) is 0. The second-order valence-electron chi connectivity index (χ2n) is 4.54. The monoisotopic (exact) mass is 336 g/mol.